The maximum absolute atomic E-state index is 12.7. The fraction of sp³-hybridized carbons (Fsp3) is 0.478. The van der Waals surface area contributed by atoms with E-state index in [0.29, 0.717) is 66.8 Å². The minimum atomic E-state index is -3.14. The van der Waals surface area contributed by atoms with Gasteiger partial charge >= 0.3 is 7.60 Å². The first kappa shape index (κ1) is 24.5. The molecule has 2 aliphatic rings. The maximum Gasteiger partial charge on any atom is 0.331 e. The topological polar surface area (TPSA) is 125 Å². The third kappa shape index (κ3) is 5.36. The molecule has 0 bridgehead atoms. The predicted molar refractivity (Wildman–Crippen MR) is 124 cm³/mol. The van der Waals surface area contributed by atoms with Gasteiger partial charge in [-0.2, -0.15) is 0 Å². The van der Waals surface area contributed by atoms with Crippen LogP contribution in [0, 0.1) is 0 Å². The second-order valence-electron chi connectivity index (χ2n) is 7.79. The molecule has 2 aromatic rings. The van der Waals surface area contributed by atoms with Gasteiger partial charge in [-0.1, -0.05) is 0 Å². The van der Waals surface area contributed by atoms with Crippen LogP contribution in [-0.2, 0) is 13.6 Å². The van der Waals surface area contributed by atoms with Crippen molar-refractivity contribution < 1.29 is 42.8 Å². The SMILES string of the molecule is CCOP(=O)(CCNCCC(c1cc2c(cc1O)OCO2)c1cc2c(cc1O)OCO2)OCC. The monoisotopic (exact) mass is 495 g/mol. The van der Waals surface area contributed by atoms with Gasteiger partial charge in [-0.05, 0) is 38.9 Å². The quantitative estimate of drug-likeness (QED) is 0.295. The van der Waals surface area contributed by atoms with Gasteiger partial charge in [-0.25, -0.2) is 0 Å². The Morgan fingerprint density at radius 1 is 0.853 bits per heavy atom. The summed E-state index contributed by atoms with van der Waals surface area (Å²) in [6, 6.07) is 6.49. The Kier molecular flexibility index (Phi) is 7.73. The zero-order valence-corrected chi connectivity index (χ0v) is 20.1. The third-order valence-corrected chi connectivity index (χ3v) is 7.69. The van der Waals surface area contributed by atoms with E-state index in [9.17, 15) is 14.8 Å². The maximum atomic E-state index is 12.7. The molecule has 0 aliphatic carbocycles. The number of rotatable bonds is 12. The van der Waals surface area contributed by atoms with Crippen LogP contribution >= 0.6 is 7.60 Å². The van der Waals surface area contributed by atoms with E-state index in [4.69, 9.17) is 28.0 Å². The van der Waals surface area contributed by atoms with Crippen molar-refractivity contribution in [2.45, 2.75) is 26.2 Å². The molecule has 0 spiro atoms. The summed E-state index contributed by atoms with van der Waals surface area (Å²) in [5, 5.41) is 24.8. The molecule has 34 heavy (non-hydrogen) atoms. The molecule has 2 aromatic carbocycles. The van der Waals surface area contributed by atoms with E-state index < -0.39 is 13.5 Å². The minimum Gasteiger partial charge on any atom is -0.508 e. The van der Waals surface area contributed by atoms with Gasteiger partial charge in [0.1, 0.15) is 11.5 Å². The van der Waals surface area contributed by atoms with Gasteiger partial charge in [-0.3, -0.25) is 4.57 Å². The first-order valence-electron chi connectivity index (χ1n) is 11.3. The van der Waals surface area contributed by atoms with Crippen LogP contribution in [0.1, 0.15) is 37.3 Å². The molecule has 2 aliphatic heterocycles. The summed E-state index contributed by atoms with van der Waals surface area (Å²) in [6.45, 7) is 5.27. The van der Waals surface area contributed by atoms with Crippen LogP contribution in [0.25, 0.3) is 0 Å². The van der Waals surface area contributed by atoms with Crippen molar-refractivity contribution in [3.8, 4) is 34.5 Å². The number of phenolic OH excluding ortho intramolecular Hbond substituents is 2. The van der Waals surface area contributed by atoms with Crippen molar-refractivity contribution in [2.24, 2.45) is 0 Å². The highest BCUT2D eigenvalue weighted by molar-refractivity contribution is 7.53. The molecule has 2 heterocycles. The van der Waals surface area contributed by atoms with Crippen LogP contribution in [0.15, 0.2) is 24.3 Å². The Labute approximate surface area is 198 Å². The standard InChI is InChI=1S/C23H30NO9P/c1-3-32-34(27,33-4-2)8-7-24-6-5-15(16-9-20-22(11-18(16)25)30-13-28-20)17-10-21-23(12-19(17)26)31-14-29-21/h9-12,15,24-26H,3-8,13-14H2,1-2H3. The molecule has 10 nitrogen and oxygen atoms in total. The Hall–Kier alpha value is -2.65. The lowest BCUT2D eigenvalue weighted by Crippen LogP contribution is -2.22. The zero-order chi connectivity index (χ0) is 24.1. The van der Waals surface area contributed by atoms with Crippen molar-refractivity contribution in [3.63, 3.8) is 0 Å². The molecule has 0 unspecified atom stereocenters. The fourth-order valence-electron chi connectivity index (χ4n) is 4.08. The van der Waals surface area contributed by atoms with Gasteiger partial charge in [-0.15, -0.1) is 0 Å². The molecule has 3 N–H and O–H groups in total. The largest absolute Gasteiger partial charge is 0.508 e. The number of phenols is 2. The Morgan fingerprint density at radius 2 is 1.32 bits per heavy atom. The summed E-state index contributed by atoms with van der Waals surface area (Å²) >= 11 is 0. The van der Waals surface area contributed by atoms with Crippen LogP contribution in [0.2, 0.25) is 0 Å². The van der Waals surface area contributed by atoms with Crippen molar-refractivity contribution in [2.75, 3.05) is 46.1 Å². The molecule has 0 atom stereocenters. The summed E-state index contributed by atoms with van der Waals surface area (Å²) in [5.74, 6) is 1.65. The van der Waals surface area contributed by atoms with E-state index in [1.807, 2.05) is 0 Å². The lowest BCUT2D eigenvalue weighted by molar-refractivity contribution is 0.173. The van der Waals surface area contributed by atoms with E-state index in [-0.39, 0.29) is 31.2 Å². The van der Waals surface area contributed by atoms with Crippen molar-refractivity contribution in [1.82, 2.24) is 5.32 Å². The van der Waals surface area contributed by atoms with Gasteiger partial charge in [0, 0.05) is 35.7 Å². The van der Waals surface area contributed by atoms with E-state index in [0.717, 1.165) is 0 Å². The fourth-order valence-corrected chi connectivity index (χ4v) is 5.63. The van der Waals surface area contributed by atoms with Gasteiger partial charge in [0.15, 0.2) is 23.0 Å². The Bertz CT molecular complexity index is 988. The minimum absolute atomic E-state index is 0.0310. The average molecular weight is 495 g/mol. The van der Waals surface area contributed by atoms with Crippen LogP contribution < -0.4 is 24.3 Å². The average Bonchev–Trinajstić information content (AvgIpc) is 3.44. The highest BCUT2D eigenvalue weighted by Gasteiger charge is 2.28. The number of hydrogen-bond acceptors (Lipinski definition) is 10. The molecule has 0 saturated heterocycles. The van der Waals surface area contributed by atoms with Gasteiger partial charge in [0.25, 0.3) is 0 Å². The number of hydrogen-bond donors (Lipinski definition) is 3. The smallest absolute Gasteiger partial charge is 0.331 e. The summed E-state index contributed by atoms with van der Waals surface area (Å²) in [6.07, 6.45) is 0.748. The second kappa shape index (κ2) is 10.7. The molecule has 0 radical (unpaired) electrons. The number of fused-ring (bicyclic) bond motifs is 2. The number of ether oxygens (including phenoxy) is 4. The van der Waals surface area contributed by atoms with Crippen molar-refractivity contribution in [1.29, 1.82) is 0 Å². The third-order valence-electron chi connectivity index (χ3n) is 5.62. The molecule has 0 aromatic heterocycles. The lowest BCUT2D eigenvalue weighted by atomic mass is 9.86. The second-order valence-corrected chi connectivity index (χ2v) is 9.98. The molecule has 186 valence electrons. The van der Waals surface area contributed by atoms with E-state index in [1.54, 1.807) is 26.0 Å². The first-order chi connectivity index (χ1) is 16.4. The predicted octanol–water partition coefficient (Wildman–Crippen LogP) is 3.93. The molecule has 0 fully saturated rings. The number of aromatic hydroxyl groups is 2. The molecular formula is C23H30NO9P. The zero-order valence-electron chi connectivity index (χ0n) is 19.2. The summed E-state index contributed by atoms with van der Waals surface area (Å²) in [4.78, 5) is 0. The lowest BCUT2D eigenvalue weighted by Gasteiger charge is -2.22. The summed E-state index contributed by atoms with van der Waals surface area (Å²) < 4.78 is 45.0. The van der Waals surface area contributed by atoms with Gasteiger partial charge < -0.3 is 43.5 Å². The van der Waals surface area contributed by atoms with E-state index in [2.05, 4.69) is 5.32 Å². The Morgan fingerprint density at radius 3 is 1.79 bits per heavy atom. The molecular weight excluding hydrogens is 465 g/mol. The van der Waals surface area contributed by atoms with Crippen LogP contribution in [0.3, 0.4) is 0 Å². The molecule has 0 saturated carbocycles. The van der Waals surface area contributed by atoms with Gasteiger partial charge in [0.05, 0.1) is 19.4 Å². The first-order valence-corrected chi connectivity index (χ1v) is 13.0. The van der Waals surface area contributed by atoms with Crippen molar-refractivity contribution >= 4 is 7.60 Å². The van der Waals surface area contributed by atoms with E-state index >= 15 is 0 Å². The normalized spacial score (nSPS) is 14.2. The van der Waals surface area contributed by atoms with E-state index in [1.165, 1.54) is 12.1 Å². The highest BCUT2D eigenvalue weighted by atomic mass is 31.2. The molecule has 0 amide bonds. The van der Waals surface area contributed by atoms with Crippen LogP contribution in [-0.4, -0.2) is 56.3 Å². The number of benzene rings is 2. The Balaban J connectivity index is 1.52. The number of nitrogens with one attached hydrogen (secondary N) is 1. The summed E-state index contributed by atoms with van der Waals surface area (Å²) in [5.41, 5.74) is 1.16. The molecule has 4 rings (SSSR count). The molecule has 11 heteroatoms. The van der Waals surface area contributed by atoms with Gasteiger partial charge in [0.2, 0.25) is 13.6 Å². The van der Waals surface area contributed by atoms with Crippen LogP contribution in [0.5, 0.6) is 34.5 Å². The van der Waals surface area contributed by atoms with Crippen molar-refractivity contribution in [3.05, 3.63) is 35.4 Å². The highest BCUT2D eigenvalue weighted by Crippen LogP contribution is 2.48. The van der Waals surface area contributed by atoms with Crippen LogP contribution in [0.4, 0.5) is 0 Å². The summed E-state index contributed by atoms with van der Waals surface area (Å²) in [7, 11) is -3.14.